The molecule has 0 atom stereocenters. The molecule has 0 aliphatic carbocycles. The van der Waals surface area contributed by atoms with Crippen LogP contribution in [0.2, 0.25) is 0 Å². The van der Waals surface area contributed by atoms with Gasteiger partial charge < -0.3 is 15.2 Å². The third-order valence-electron chi connectivity index (χ3n) is 3.75. The lowest BCUT2D eigenvalue weighted by Crippen LogP contribution is -2.30. The molecule has 2 N–H and O–H groups in total. The van der Waals surface area contributed by atoms with E-state index in [2.05, 4.69) is 10.3 Å². The zero-order chi connectivity index (χ0) is 21.7. The third kappa shape index (κ3) is 5.77. The predicted octanol–water partition coefficient (Wildman–Crippen LogP) is 2.76. The van der Waals surface area contributed by atoms with Gasteiger partial charge in [-0.25, -0.2) is 4.98 Å². The van der Waals surface area contributed by atoms with Crippen LogP contribution in [0, 0.1) is 16.0 Å². The number of non-ortho nitro benzene ring substituents is 1. The average molecular weight is 404 g/mol. The molecule has 0 amide bonds. The Kier molecular flexibility index (Phi) is 6.92. The number of aromatic nitrogens is 2. The topological polar surface area (TPSA) is 137 Å². The molecule has 0 aliphatic rings. The van der Waals surface area contributed by atoms with Crippen LogP contribution in [0.4, 0.5) is 11.5 Å². The molecular formula is C19H24N4O6. The van der Waals surface area contributed by atoms with E-state index in [1.165, 1.54) is 24.4 Å². The molecule has 0 bridgehead atoms. The highest BCUT2D eigenvalue weighted by molar-refractivity contribution is 5.70. The van der Waals surface area contributed by atoms with Crippen molar-refractivity contribution in [2.24, 2.45) is 5.92 Å². The fraction of sp³-hybridized carbons (Fsp3) is 0.421. The molecule has 1 aromatic heterocycles. The van der Waals surface area contributed by atoms with Crippen molar-refractivity contribution in [2.75, 3.05) is 11.9 Å². The summed E-state index contributed by atoms with van der Waals surface area (Å²) >= 11 is 0. The first-order chi connectivity index (χ1) is 13.6. The first kappa shape index (κ1) is 21.9. The van der Waals surface area contributed by atoms with Crippen molar-refractivity contribution in [3.8, 4) is 17.0 Å². The molecule has 0 fully saturated rings. The van der Waals surface area contributed by atoms with Crippen LogP contribution in [0.1, 0.15) is 27.7 Å². The van der Waals surface area contributed by atoms with Crippen molar-refractivity contribution in [1.82, 2.24) is 9.55 Å². The van der Waals surface area contributed by atoms with E-state index in [0.717, 1.165) is 4.57 Å². The van der Waals surface area contributed by atoms with Crippen molar-refractivity contribution in [3.05, 3.63) is 44.9 Å². The summed E-state index contributed by atoms with van der Waals surface area (Å²) in [5, 5.41) is 23.5. The van der Waals surface area contributed by atoms with Gasteiger partial charge in [-0.3, -0.25) is 24.3 Å². The summed E-state index contributed by atoms with van der Waals surface area (Å²) < 4.78 is 6.63. The number of carbonyl (C=O) groups is 1. The molecule has 1 heterocycles. The maximum absolute atomic E-state index is 12.8. The minimum absolute atomic E-state index is 0.00621. The van der Waals surface area contributed by atoms with Gasteiger partial charge in [-0.15, -0.1) is 0 Å². The van der Waals surface area contributed by atoms with Crippen LogP contribution >= 0.6 is 0 Å². The predicted molar refractivity (Wildman–Crippen MR) is 107 cm³/mol. The minimum atomic E-state index is -1.23. The fourth-order valence-electron chi connectivity index (χ4n) is 2.57. The standard InChI is InChI=1S/C19H24N4O6/c1-11(2)10-29-15-6-13(5-14(7-15)23(27)28)16-8-20-18(21-12(3)4)19(26)22(16)9-17(24)25/h5-8,11-12H,9-10H2,1-4H3,(H,20,21)(H,24,25). The van der Waals surface area contributed by atoms with Gasteiger partial charge in [-0.1, -0.05) is 13.8 Å². The van der Waals surface area contributed by atoms with Gasteiger partial charge in [0.2, 0.25) is 0 Å². The minimum Gasteiger partial charge on any atom is -0.493 e. The first-order valence-electron chi connectivity index (χ1n) is 9.09. The van der Waals surface area contributed by atoms with Gasteiger partial charge in [0.1, 0.15) is 12.3 Å². The lowest BCUT2D eigenvalue weighted by Gasteiger charge is -2.16. The number of aliphatic carboxylic acids is 1. The normalized spacial score (nSPS) is 11.0. The zero-order valence-corrected chi connectivity index (χ0v) is 16.7. The van der Waals surface area contributed by atoms with E-state index in [-0.39, 0.29) is 40.5 Å². The summed E-state index contributed by atoms with van der Waals surface area (Å²) in [7, 11) is 0. The van der Waals surface area contributed by atoms with Gasteiger partial charge in [0, 0.05) is 17.7 Å². The molecular weight excluding hydrogens is 380 g/mol. The number of rotatable bonds is 9. The SMILES string of the molecule is CC(C)COc1cc(-c2cnc(NC(C)C)c(=O)n2CC(=O)O)cc([N+](=O)[O-])c1. The number of anilines is 1. The van der Waals surface area contributed by atoms with E-state index < -0.39 is 23.0 Å². The number of hydrogen-bond donors (Lipinski definition) is 2. The third-order valence-corrected chi connectivity index (χ3v) is 3.75. The van der Waals surface area contributed by atoms with Crippen LogP contribution in [0.3, 0.4) is 0 Å². The van der Waals surface area contributed by atoms with E-state index in [0.29, 0.717) is 6.61 Å². The first-order valence-corrected chi connectivity index (χ1v) is 9.09. The van der Waals surface area contributed by atoms with Crippen molar-refractivity contribution in [3.63, 3.8) is 0 Å². The molecule has 10 heteroatoms. The maximum atomic E-state index is 12.8. The Balaban J connectivity index is 2.64. The molecule has 0 saturated carbocycles. The zero-order valence-electron chi connectivity index (χ0n) is 16.7. The Labute approximate surface area is 167 Å². The Morgan fingerprint density at radius 3 is 2.55 bits per heavy atom. The van der Waals surface area contributed by atoms with Crippen LogP contribution in [0.5, 0.6) is 5.75 Å². The summed E-state index contributed by atoms with van der Waals surface area (Å²) in [6, 6.07) is 3.98. The molecule has 29 heavy (non-hydrogen) atoms. The quantitative estimate of drug-likeness (QED) is 0.481. The second-order valence-electron chi connectivity index (χ2n) is 7.25. The second kappa shape index (κ2) is 9.18. The number of hydrogen-bond acceptors (Lipinski definition) is 7. The lowest BCUT2D eigenvalue weighted by atomic mass is 10.1. The number of nitro groups is 1. The van der Waals surface area contributed by atoms with Crippen molar-refractivity contribution in [1.29, 1.82) is 0 Å². The van der Waals surface area contributed by atoms with Crippen molar-refractivity contribution >= 4 is 17.5 Å². The number of benzene rings is 1. The molecule has 2 aromatic rings. The molecule has 10 nitrogen and oxygen atoms in total. The summed E-state index contributed by atoms with van der Waals surface area (Å²) in [4.78, 5) is 38.9. The second-order valence-corrected chi connectivity index (χ2v) is 7.25. The smallest absolute Gasteiger partial charge is 0.323 e. The number of ether oxygens (including phenoxy) is 1. The highest BCUT2D eigenvalue weighted by Crippen LogP contribution is 2.29. The molecule has 0 spiro atoms. The average Bonchev–Trinajstić information content (AvgIpc) is 2.62. The van der Waals surface area contributed by atoms with E-state index in [1.54, 1.807) is 0 Å². The Morgan fingerprint density at radius 1 is 1.31 bits per heavy atom. The Hall–Kier alpha value is -3.43. The van der Waals surface area contributed by atoms with Crippen molar-refractivity contribution < 1.29 is 19.6 Å². The van der Waals surface area contributed by atoms with Crippen LogP contribution in [-0.2, 0) is 11.3 Å². The van der Waals surface area contributed by atoms with E-state index in [9.17, 15) is 24.8 Å². The lowest BCUT2D eigenvalue weighted by molar-refractivity contribution is -0.384. The van der Waals surface area contributed by atoms with E-state index in [1.807, 2.05) is 27.7 Å². The Bertz CT molecular complexity index is 968. The molecule has 0 unspecified atom stereocenters. The highest BCUT2D eigenvalue weighted by Gasteiger charge is 2.19. The summed E-state index contributed by atoms with van der Waals surface area (Å²) in [6.07, 6.45) is 1.32. The number of nitrogens with one attached hydrogen (secondary N) is 1. The van der Waals surface area contributed by atoms with Crippen molar-refractivity contribution in [2.45, 2.75) is 40.3 Å². The summed E-state index contributed by atoms with van der Waals surface area (Å²) in [5.74, 6) is -0.768. The van der Waals surface area contributed by atoms with Gasteiger partial charge >= 0.3 is 5.97 Å². The summed E-state index contributed by atoms with van der Waals surface area (Å²) in [6.45, 7) is 7.23. The van der Waals surface area contributed by atoms with Gasteiger partial charge in [-0.05, 0) is 25.8 Å². The van der Waals surface area contributed by atoms with Crippen LogP contribution in [0.25, 0.3) is 11.3 Å². The van der Waals surface area contributed by atoms with Crippen LogP contribution in [0.15, 0.2) is 29.2 Å². The van der Waals surface area contributed by atoms with Gasteiger partial charge in [0.05, 0.1) is 29.5 Å². The number of nitrogens with zero attached hydrogens (tertiary/aromatic N) is 3. The Morgan fingerprint density at radius 2 is 2.00 bits per heavy atom. The van der Waals surface area contributed by atoms with Gasteiger partial charge in [-0.2, -0.15) is 0 Å². The number of carboxylic acids is 1. The molecule has 156 valence electrons. The highest BCUT2D eigenvalue weighted by atomic mass is 16.6. The monoisotopic (exact) mass is 404 g/mol. The maximum Gasteiger partial charge on any atom is 0.323 e. The molecule has 2 rings (SSSR count). The van der Waals surface area contributed by atoms with Crippen LogP contribution in [-0.4, -0.2) is 38.2 Å². The molecule has 0 saturated heterocycles. The fourth-order valence-corrected chi connectivity index (χ4v) is 2.57. The van der Waals surface area contributed by atoms with E-state index in [4.69, 9.17) is 4.74 Å². The largest absolute Gasteiger partial charge is 0.493 e. The number of carboxylic acid groups (broad SMARTS) is 1. The van der Waals surface area contributed by atoms with Crippen LogP contribution < -0.4 is 15.6 Å². The molecule has 1 aromatic carbocycles. The van der Waals surface area contributed by atoms with Gasteiger partial charge in [0.25, 0.3) is 11.2 Å². The number of nitro benzene ring substituents is 1. The summed E-state index contributed by atoms with van der Waals surface area (Å²) in [5.41, 5.74) is -0.459. The molecule has 0 radical (unpaired) electrons. The van der Waals surface area contributed by atoms with E-state index >= 15 is 0 Å². The van der Waals surface area contributed by atoms with Gasteiger partial charge in [0.15, 0.2) is 5.82 Å². The molecule has 0 aliphatic heterocycles.